The number of hydrogen-bond donors (Lipinski definition) is 2. The van der Waals surface area contributed by atoms with Gasteiger partial charge in [-0.25, -0.2) is 8.42 Å². The smallest absolute Gasteiger partial charge is 0.225 e. The van der Waals surface area contributed by atoms with Gasteiger partial charge in [-0.2, -0.15) is 0 Å². The molecule has 1 aliphatic rings. The Hall–Kier alpha value is -1.31. The highest BCUT2D eigenvalue weighted by Crippen LogP contribution is 2.25. The van der Waals surface area contributed by atoms with E-state index in [9.17, 15) is 13.2 Å². The molecule has 0 saturated heterocycles. The van der Waals surface area contributed by atoms with E-state index < -0.39 is 9.84 Å². The summed E-state index contributed by atoms with van der Waals surface area (Å²) in [6.45, 7) is 0.874. The highest BCUT2D eigenvalue weighted by molar-refractivity contribution is 7.92. The number of ether oxygens (including phenoxy) is 1. The van der Waals surface area contributed by atoms with Crippen LogP contribution in [0, 0.1) is 0 Å². The van der Waals surface area contributed by atoms with E-state index in [0.29, 0.717) is 24.6 Å². The lowest BCUT2D eigenvalue weighted by molar-refractivity contribution is -0.115. The summed E-state index contributed by atoms with van der Waals surface area (Å²) in [7, 11) is -3.16. The molecule has 2 rings (SSSR count). The number of nitrogens with two attached hydrogens (primary N) is 1. The molecule has 0 heterocycles. The minimum absolute atomic E-state index is 0. The molecular weight excluding hydrogens is 352 g/mol. The number of sulfone groups is 1. The Balaban J connectivity index is 0.00000288. The lowest BCUT2D eigenvalue weighted by atomic mass is 10.3. The molecule has 0 aliphatic heterocycles. The predicted molar refractivity (Wildman–Crippen MR) is 97.5 cm³/mol. The van der Waals surface area contributed by atoms with Crippen LogP contribution in [-0.2, 0) is 14.6 Å². The van der Waals surface area contributed by atoms with Crippen molar-refractivity contribution in [1.82, 2.24) is 0 Å². The predicted octanol–water partition coefficient (Wildman–Crippen LogP) is 2.13. The highest BCUT2D eigenvalue weighted by Gasteiger charge is 2.28. The summed E-state index contributed by atoms with van der Waals surface area (Å²) in [6, 6.07) is 6.91. The molecule has 1 saturated carbocycles. The summed E-state index contributed by atoms with van der Waals surface area (Å²) in [5.41, 5.74) is 5.97. The summed E-state index contributed by atoms with van der Waals surface area (Å²) in [5.74, 6) is 0.306. The summed E-state index contributed by atoms with van der Waals surface area (Å²) in [4.78, 5) is 11.9. The lowest BCUT2D eigenvalue weighted by Crippen LogP contribution is -2.24. The van der Waals surface area contributed by atoms with E-state index in [0.717, 1.165) is 25.7 Å². The summed E-state index contributed by atoms with van der Waals surface area (Å²) in [5, 5.41) is 2.45. The SMILES string of the molecule is Cl.NCCOc1ccc(NC(=O)CCS(=O)(=O)C2CCCC2)cc1. The zero-order valence-electron chi connectivity index (χ0n) is 13.6. The quantitative estimate of drug-likeness (QED) is 0.724. The zero-order chi connectivity index (χ0) is 16.7. The minimum Gasteiger partial charge on any atom is -0.492 e. The Labute approximate surface area is 149 Å². The Kier molecular flexibility index (Phi) is 8.52. The van der Waals surface area contributed by atoms with Gasteiger partial charge in [-0.15, -0.1) is 12.4 Å². The lowest BCUT2D eigenvalue weighted by Gasteiger charge is -2.11. The largest absolute Gasteiger partial charge is 0.492 e. The number of rotatable bonds is 8. The van der Waals surface area contributed by atoms with Crippen molar-refractivity contribution in [1.29, 1.82) is 0 Å². The van der Waals surface area contributed by atoms with Crippen molar-refractivity contribution in [3.05, 3.63) is 24.3 Å². The number of anilines is 1. The molecule has 1 aliphatic carbocycles. The second kappa shape index (κ2) is 9.86. The number of carbonyl (C=O) groups excluding carboxylic acids is 1. The third-order valence-corrected chi connectivity index (χ3v) is 6.21. The summed E-state index contributed by atoms with van der Waals surface area (Å²) >= 11 is 0. The van der Waals surface area contributed by atoms with Crippen molar-refractivity contribution in [2.75, 3.05) is 24.2 Å². The van der Waals surface area contributed by atoms with Gasteiger partial charge in [0.15, 0.2) is 9.84 Å². The van der Waals surface area contributed by atoms with E-state index in [2.05, 4.69) is 5.32 Å². The van der Waals surface area contributed by atoms with Gasteiger partial charge >= 0.3 is 0 Å². The number of halogens is 1. The molecule has 3 N–H and O–H groups in total. The summed E-state index contributed by atoms with van der Waals surface area (Å²) < 4.78 is 29.6. The van der Waals surface area contributed by atoms with Crippen LogP contribution >= 0.6 is 12.4 Å². The number of nitrogens with one attached hydrogen (secondary N) is 1. The van der Waals surface area contributed by atoms with Crippen LogP contribution in [0.3, 0.4) is 0 Å². The van der Waals surface area contributed by atoms with Crippen molar-refractivity contribution in [3.63, 3.8) is 0 Å². The fourth-order valence-corrected chi connectivity index (χ4v) is 4.54. The molecule has 1 aromatic rings. The van der Waals surface area contributed by atoms with Gasteiger partial charge in [0.1, 0.15) is 12.4 Å². The minimum atomic E-state index is -3.16. The first-order valence-electron chi connectivity index (χ1n) is 7.95. The van der Waals surface area contributed by atoms with Crippen molar-refractivity contribution < 1.29 is 17.9 Å². The zero-order valence-corrected chi connectivity index (χ0v) is 15.2. The molecule has 6 nitrogen and oxygen atoms in total. The first-order chi connectivity index (χ1) is 11.0. The fourth-order valence-electron chi connectivity index (χ4n) is 2.68. The molecular formula is C16H25ClN2O4S. The van der Waals surface area contributed by atoms with Gasteiger partial charge in [-0.3, -0.25) is 4.79 Å². The van der Waals surface area contributed by atoms with Gasteiger partial charge in [-0.1, -0.05) is 12.8 Å². The molecule has 0 aromatic heterocycles. The van der Waals surface area contributed by atoms with E-state index in [4.69, 9.17) is 10.5 Å². The Morgan fingerprint density at radius 1 is 1.21 bits per heavy atom. The van der Waals surface area contributed by atoms with Gasteiger partial charge in [0.05, 0.1) is 11.0 Å². The number of carbonyl (C=O) groups is 1. The maximum Gasteiger partial charge on any atom is 0.225 e. The third-order valence-electron chi connectivity index (χ3n) is 3.95. The number of benzene rings is 1. The molecule has 1 aromatic carbocycles. The molecule has 1 amide bonds. The molecule has 0 bridgehead atoms. The Morgan fingerprint density at radius 3 is 2.42 bits per heavy atom. The fraction of sp³-hybridized carbons (Fsp3) is 0.562. The van der Waals surface area contributed by atoms with Gasteiger partial charge < -0.3 is 15.8 Å². The van der Waals surface area contributed by atoms with Crippen LogP contribution in [-0.4, -0.2) is 38.5 Å². The second-order valence-corrected chi connectivity index (χ2v) is 8.13. The van der Waals surface area contributed by atoms with Gasteiger partial charge in [0.2, 0.25) is 5.91 Å². The second-order valence-electron chi connectivity index (χ2n) is 5.73. The molecule has 0 atom stereocenters. The van der Waals surface area contributed by atoms with Crippen molar-refractivity contribution in [2.24, 2.45) is 5.73 Å². The van der Waals surface area contributed by atoms with Gasteiger partial charge in [0.25, 0.3) is 0 Å². The maximum absolute atomic E-state index is 12.1. The van der Waals surface area contributed by atoms with Crippen LogP contribution in [0.4, 0.5) is 5.69 Å². The molecule has 24 heavy (non-hydrogen) atoms. The Bertz CT molecular complexity index is 613. The monoisotopic (exact) mass is 376 g/mol. The number of amides is 1. The van der Waals surface area contributed by atoms with Crippen LogP contribution in [0.25, 0.3) is 0 Å². The Morgan fingerprint density at radius 2 is 1.83 bits per heavy atom. The van der Waals surface area contributed by atoms with Crippen LogP contribution < -0.4 is 15.8 Å². The van der Waals surface area contributed by atoms with Gasteiger partial charge in [0, 0.05) is 18.7 Å². The normalized spacial score (nSPS) is 14.9. The van der Waals surface area contributed by atoms with Crippen molar-refractivity contribution in [2.45, 2.75) is 37.4 Å². The number of hydrogen-bond acceptors (Lipinski definition) is 5. The van der Waals surface area contributed by atoms with Crippen LogP contribution in [0.15, 0.2) is 24.3 Å². The molecule has 8 heteroatoms. The third kappa shape index (κ3) is 6.30. The average Bonchev–Trinajstić information content (AvgIpc) is 3.08. The van der Waals surface area contributed by atoms with E-state index in [1.165, 1.54) is 0 Å². The van der Waals surface area contributed by atoms with Gasteiger partial charge in [-0.05, 0) is 37.1 Å². The van der Waals surface area contributed by atoms with Crippen LogP contribution in [0.2, 0.25) is 0 Å². The van der Waals surface area contributed by atoms with E-state index >= 15 is 0 Å². The first-order valence-corrected chi connectivity index (χ1v) is 9.67. The molecule has 136 valence electrons. The molecule has 0 spiro atoms. The molecule has 1 fully saturated rings. The van der Waals surface area contributed by atoms with E-state index in [1.807, 2.05) is 0 Å². The van der Waals surface area contributed by atoms with E-state index in [-0.39, 0.29) is 35.7 Å². The maximum atomic E-state index is 12.1. The van der Waals surface area contributed by atoms with Crippen LogP contribution in [0.1, 0.15) is 32.1 Å². The van der Waals surface area contributed by atoms with E-state index in [1.54, 1.807) is 24.3 Å². The topological polar surface area (TPSA) is 98.5 Å². The summed E-state index contributed by atoms with van der Waals surface area (Å²) in [6.07, 6.45) is 3.38. The molecule has 0 unspecified atom stereocenters. The molecule has 0 radical (unpaired) electrons. The van der Waals surface area contributed by atoms with Crippen molar-refractivity contribution in [3.8, 4) is 5.75 Å². The van der Waals surface area contributed by atoms with Crippen LogP contribution in [0.5, 0.6) is 5.75 Å². The highest BCUT2D eigenvalue weighted by atomic mass is 35.5. The first kappa shape index (κ1) is 20.7. The standard InChI is InChI=1S/C16H24N2O4S.ClH/c17-10-11-22-14-7-5-13(6-8-14)18-16(19)9-12-23(20,21)15-3-1-2-4-15;/h5-8,15H,1-4,9-12,17H2,(H,18,19);1H. The average molecular weight is 377 g/mol. The van der Waals surface area contributed by atoms with Crippen molar-refractivity contribution >= 4 is 33.8 Å².